The van der Waals surface area contributed by atoms with Crippen LogP contribution in [0.2, 0.25) is 0 Å². The number of amides is 2. The predicted octanol–water partition coefficient (Wildman–Crippen LogP) is 3.41. The summed E-state index contributed by atoms with van der Waals surface area (Å²) < 4.78 is 1.63. The van der Waals surface area contributed by atoms with Gasteiger partial charge in [0.2, 0.25) is 5.91 Å². The highest BCUT2D eigenvalue weighted by molar-refractivity contribution is 7.99. The second-order valence-electron chi connectivity index (χ2n) is 6.87. The number of imide groups is 1. The number of benzene rings is 1. The Morgan fingerprint density at radius 2 is 1.97 bits per heavy atom. The van der Waals surface area contributed by atoms with Gasteiger partial charge in [0.25, 0.3) is 11.5 Å². The van der Waals surface area contributed by atoms with E-state index in [1.54, 1.807) is 40.2 Å². The van der Waals surface area contributed by atoms with E-state index in [1.165, 1.54) is 22.2 Å². The molecule has 1 aromatic carbocycles. The van der Waals surface area contributed by atoms with Gasteiger partial charge in [-0.3, -0.25) is 24.3 Å². The van der Waals surface area contributed by atoms with Crippen molar-refractivity contribution in [1.82, 2.24) is 14.9 Å². The van der Waals surface area contributed by atoms with E-state index < -0.39 is 11.8 Å². The summed E-state index contributed by atoms with van der Waals surface area (Å²) in [7, 11) is 0. The zero-order valence-electron chi connectivity index (χ0n) is 16.1. The Labute approximate surface area is 176 Å². The van der Waals surface area contributed by atoms with Crippen LogP contribution in [0, 0.1) is 0 Å². The first-order valence-electron chi connectivity index (χ1n) is 9.65. The van der Waals surface area contributed by atoms with Crippen molar-refractivity contribution < 1.29 is 9.59 Å². The molecule has 2 amide bonds. The van der Waals surface area contributed by atoms with Crippen LogP contribution in [-0.2, 0) is 24.2 Å². The summed E-state index contributed by atoms with van der Waals surface area (Å²) in [5, 5.41) is 3.65. The van der Waals surface area contributed by atoms with Crippen molar-refractivity contribution in [2.45, 2.75) is 44.3 Å². The molecule has 2 aromatic heterocycles. The van der Waals surface area contributed by atoms with E-state index in [-0.39, 0.29) is 11.3 Å². The van der Waals surface area contributed by atoms with E-state index in [0.29, 0.717) is 17.3 Å². The maximum atomic E-state index is 13.1. The summed E-state index contributed by atoms with van der Waals surface area (Å²) in [6.07, 6.45) is 4.20. The lowest BCUT2D eigenvalue weighted by atomic mass is 9.97. The maximum absolute atomic E-state index is 13.1. The molecular formula is C21H21N3O3S2. The third-order valence-electron chi connectivity index (χ3n) is 4.98. The van der Waals surface area contributed by atoms with E-state index in [1.807, 2.05) is 13.0 Å². The number of thioether (sulfide) groups is 1. The van der Waals surface area contributed by atoms with Crippen LogP contribution in [0.15, 0.2) is 40.3 Å². The van der Waals surface area contributed by atoms with Gasteiger partial charge >= 0.3 is 0 Å². The number of nitrogens with one attached hydrogen (secondary N) is 1. The zero-order chi connectivity index (χ0) is 20.4. The highest BCUT2D eigenvalue weighted by atomic mass is 32.2. The molecule has 0 fully saturated rings. The SMILES string of the molecule is CCn1c(SCC(=O)NC(=O)c2ccccc2)nc2sc3c(c2c1=O)CCCC3. The average molecular weight is 428 g/mol. The third kappa shape index (κ3) is 4.00. The molecule has 1 aliphatic carbocycles. The zero-order valence-corrected chi connectivity index (χ0v) is 17.7. The summed E-state index contributed by atoms with van der Waals surface area (Å²) in [6, 6.07) is 8.60. The lowest BCUT2D eigenvalue weighted by Crippen LogP contribution is -2.32. The molecule has 0 bridgehead atoms. The van der Waals surface area contributed by atoms with Crippen molar-refractivity contribution in [2.75, 3.05) is 5.75 Å². The Morgan fingerprint density at radius 1 is 1.21 bits per heavy atom. The second-order valence-corrected chi connectivity index (χ2v) is 8.89. The van der Waals surface area contributed by atoms with Gasteiger partial charge in [0.15, 0.2) is 5.16 Å². The minimum Gasteiger partial charge on any atom is -0.292 e. The van der Waals surface area contributed by atoms with Crippen molar-refractivity contribution in [2.24, 2.45) is 0 Å². The van der Waals surface area contributed by atoms with Crippen LogP contribution in [0.4, 0.5) is 0 Å². The van der Waals surface area contributed by atoms with Crippen LogP contribution in [0.1, 0.15) is 40.6 Å². The largest absolute Gasteiger partial charge is 0.292 e. The monoisotopic (exact) mass is 427 g/mol. The highest BCUT2D eigenvalue weighted by Gasteiger charge is 2.22. The van der Waals surface area contributed by atoms with Crippen LogP contribution in [0.5, 0.6) is 0 Å². The van der Waals surface area contributed by atoms with Crippen LogP contribution in [-0.4, -0.2) is 27.1 Å². The number of hydrogen-bond acceptors (Lipinski definition) is 6. The minimum atomic E-state index is -0.432. The molecule has 3 aromatic rings. The molecule has 8 heteroatoms. The molecule has 2 heterocycles. The molecule has 1 N–H and O–H groups in total. The molecule has 0 aliphatic heterocycles. The number of carbonyl (C=O) groups excluding carboxylic acids is 2. The summed E-state index contributed by atoms with van der Waals surface area (Å²) in [4.78, 5) is 44.2. The van der Waals surface area contributed by atoms with Gasteiger partial charge in [0.05, 0.1) is 11.1 Å². The summed E-state index contributed by atoms with van der Waals surface area (Å²) in [5.41, 5.74) is 1.57. The predicted molar refractivity (Wildman–Crippen MR) is 116 cm³/mol. The van der Waals surface area contributed by atoms with Gasteiger partial charge in [-0.05, 0) is 50.3 Å². The van der Waals surface area contributed by atoms with Gasteiger partial charge in [0.1, 0.15) is 4.83 Å². The normalized spacial score (nSPS) is 13.3. The second kappa shape index (κ2) is 8.51. The van der Waals surface area contributed by atoms with Crippen LogP contribution in [0.3, 0.4) is 0 Å². The molecule has 0 saturated carbocycles. The van der Waals surface area contributed by atoms with Crippen LogP contribution in [0.25, 0.3) is 10.2 Å². The lowest BCUT2D eigenvalue weighted by Gasteiger charge is -2.12. The number of rotatable bonds is 5. The summed E-state index contributed by atoms with van der Waals surface area (Å²) in [5.74, 6) is -0.827. The first-order valence-corrected chi connectivity index (χ1v) is 11.5. The fourth-order valence-corrected chi connectivity index (χ4v) is 5.73. The van der Waals surface area contributed by atoms with Crippen molar-refractivity contribution in [3.63, 3.8) is 0 Å². The molecule has 1 aliphatic rings. The smallest absolute Gasteiger partial charge is 0.263 e. The quantitative estimate of drug-likeness (QED) is 0.499. The molecule has 4 rings (SSSR count). The fourth-order valence-electron chi connectivity index (χ4n) is 3.56. The Hall–Kier alpha value is -2.45. The van der Waals surface area contributed by atoms with Gasteiger partial charge < -0.3 is 0 Å². The van der Waals surface area contributed by atoms with Crippen molar-refractivity contribution in [3.8, 4) is 0 Å². The van der Waals surface area contributed by atoms with E-state index in [0.717, 1.165) is 35.9 Å². The molecule has 29 heavy (non-hydrogen) atoms. The molecule has 6 nitrogen and oxygen atoms in total. The lowest BCUT2D eigenvalue weighted by molar-refractivity contribution is -0.117. The molecule has 0 spiro atoms. The number of aromatic nitrogens is 2. The van der Waals surface area contributed by atoms with Crippen molar-refractivity contribution in [3.05, 3.63) is 56.7 Å². The van der Waals surface area contributed by atoms with Gasteiger partial charge in [0, 0.05) is 17.0 Å². The number of hydrogen-bond donors (Lipinski definition) is 1. The Kier molecular flexibility index (Phi) is 5.82. The topological polar surface area (TPSA) is 81.1 Å². The standard InChI is InChI=1S/C21H21N3O3S2/c1-2-24-20(27)17-14-10-6-7-11-15(14)29-19(17)23-21(24)28-12-16(25)22-18(26)13-8-4-3-5-9-13/h3-5,8-9H,2,6-7,10-12H2,1H3,(H,22,25,26). The Morgan fingerprint density at radius 3 is 2.72 bits per heavy atom. The number of nitrogens with zero attached hydrogens (tertiary/aromatic N) is 2. The third-order valence-corrected chi connectivity index (χ3v) is 7.14. The van der Waals surface area contributed by atoms with E-state index in [4.69, 9.17) is 4.98 Å². The Balaban J connectivity index is 1.54. The highest BCUT2D eigenvalue weighted by Crippen LogP contribution is 2.34. The number of aryl methyl sites for hydroxylation is 2. The first kappa shape index (κ1) is 19.8. The fraction of sp³-hybridized carbons (Fsp3) is 0.333. The molecule has 0 unspecified atom stereocenters. The maximum Gasteiger partial charge on any atom is 0.263 e. The van der Waals surface area contributed by atoms with E-state index in [2.05, 4.69) is 5.32 Å². The molecule has 0 atom stereocenters. The number of thiophene rings is 1. The molecule has 150 valence electrons. The summed E-state index contributed by atoms with van der Waals surface area (Å²) >= 11 is 2.78. The Bertz CT molecular complexity index is 1140. The van der Waals surface area contributed by atoms with Gasteiger partial charge in [-0.15, -0.1) is 11.3 Å². The van der Waals surface area contributed by atoms with Gasteiger partial charge in [-0.25, -0.2) is 4.98 Å². The number of fused-ring (bicyclic) bond motifs is 3. The number of carbonyl (C=O) groups is 2. The van der Waals surface area contributed by atoms with Crippen LogP contribution >= 0.6 is 23.1 Å². The van der Waals surface area contributed by atoms with Crippen molar-refractivity contribution in [1.29, 1.82) is 0 Å². The molecule has 0 radical (unpaired) electrons. The minimum absolute atomic E-state index is 0.0155. The average Bonchev–Trinajstić information content (AvgIpc) is 3.11. The van der Waals surface area contributed by atoms with Gasteiger partial charge in [-0.2, -0.15) is 0 Å². The van der Waals surface area contributed by atoms with E-state index in [9.17, 15) is 14.4 Å². The van der Waals surface area contributed by atoms with Crippen molar-refractivity contribution >= 4 is 45.1 Å². The molecule has 0 saturated heterocycles. The molecular weight excluding hydrogens is 406 g/mol. The van der Waals surface area contributed by atoms with Gasteiger partial charge in [-0.1, -0.05) is 30.0 Å². The van der Waals surface area contributed by atoms with E-state index >= 15 is 0 Å². The van der Waals surface area contributed by atoms with Crippen LogP contribution < -0.4 is 10.9 Å². The first-order chi connectivity index (χ1) is 14.1. The summed E-state index contributed by atoms with van der Waals surface area (Å²) in [6.45, 7) is 2.39.